The highest BCUT2D eigenvalue weighted by molar-refractivity contribution is 5.80. The van der Waals surface area contributed by atoms with E-state index in [2.05, 4.69) is 57.1 Å². The first kappa shape index (κ1) is 30.2. The highest BCUT2D eigenvalue weighted by atomic mass is 16.3. The van der Waals surface area contributed by atoms with Crippen molar-refractivity contribution in [3.8, 4) is 0 Å². The number of piperidine rings is 1. The predicted octanol–water partition coefficient (Wildman–Crippen LogP) is 6.26. The zero-order chi connectivity index (χ0) is 24.6. The fourth-order valence-electron chi connectivity index (χ4n) is 5.39. The summed E-state index contributed by atoms with van der Waals surface area (Å²) in [6, 6.07) is 0.223. The molecule has 1 rings (SSSR count). The van der Waals surface area contributed by atoms with E-state index in [0.717, 1.165) is 31.9 Å². The Morgan fingerprint density at radius 1 is 0.818 bits per heavy atom. The third-order valence-corrected chi connectivity index (χ3v) is 7.53. The van der Waals surface area contributed by atoms with Crippen LogP contribution in [0.1, 0.15) is 131 Å². The molecule has 3 N–H and O–H groups in total. The lowest BCUT2D eigenvalue weighted by atomic mass is 9.76. The van der Waals surface area contributed by atoms with Crippen LogP contribution in [0.4, 0.5) is 0 Å². The molecule has 196 valence electrons. The maximum Gasteiger partial charge on any atom is 0.191 e. The van der Waals surface area contributed by atoms with Crippen LogP contribution in [0.3, 0.4) is 0 Å². The molecule has 33 heavy (non-hydrogen) atoms. The van der Waals surface area contributed by atoms with E-state index in [0.29, 0.717) is 6.54 Å². The summed E-state index contributed by atoms with van der Waals surface area (Å²) in [7, 11) is 0. The van der Waals surface area contributed by atoms with Crippen LogP contribution >= 0.6 is 0 Å². The number of aliphatic imine (C=N–C) groups is 1. The van der Waals surface area contributed by atoms with Crippen molar-refractivity contribution in [2.24, 2.45) is 4.99 Å². The minimum atomic E-state index is -0.0839. The van der Waals surface area contributed by atoms with E-state index >= 15 is 0 Å². The van der Waals surface area contributed by atoms with Crippen molar-refractivity contribution in [3.63, 3.8) is 0 Å². The zero-order valence-electron chi connectivity index (χ0n) is 23.1. The van der Waals surface area contributed by atoms with Crippen LogP contribution in [0.15, 0.2) is 4.99 Å². The van der Waals surface area contributed by atoms with Gasteiger partial charge in [-0.25, -0.2) is 4.99 Å². The van der Waals surface area contributed by atoms with Gasteiger partial charge in [0.25, 0.3) is 0 Å². The first-order valence-electron chi connectivity index (χ1n) is 14.2. The summed E-state index contributed by atoms with van der Waals surface area (Å²) in [4.78, 5) is 7.72. The molecule has 1 fully saturated rings. The predicted molar refractivity (Wildman–Crippen MR) is 145 cm³/mol. The average molecular weight is 467 g/mol. The topological polar surface area (TPSA) is 59.9 Å². The number of unbranched alkanes of at least 4 members (excludes halogenated alkanes) is 10. The van der Waals surface area contributed by atoms with Crippen LogP contribution < -0.4 is 10.6 Å². The number of aliphatic hydroxyl groups excluding tert-OH is 1. The van der Waals surface area contributed by atoms with Gasteiger partial charge in [0.1, 0.15) is 0 Å². The smallest absolute Gasteiger partial charge is 0.191 e. The van der Waals surface area contributed by atoms with E-state index in [1.807, 2.05) is 0 Å². The number of nitrogens with zero attached hydrogens (tertiary/aromatic N) is 2. The Bertz CT molecular complexity index is 498. The van der Waals surface area contributed by atoms with Gasteiger partial charge in [0.15, 0.2) is 5.96 Å². The molecular weight excluding hydrogens is 408 g/mol. The van der Waals surface area contributed by atoms with Crippen LogP contribution in [-0.4, -0.2) is 59.3 Å². The minimum Gasteiger partial charge on any atom is -0.395 e. The summed E-state index contributed by atoms with van der Waals surface area (Å²) in [5, 5.41) is 17.0. The van der Waals surface area contributed by atoms with E-state index in [9.17, 15) is 5.11 Å². The molecule has 1 aliphatic rings. The standard InChI is InChI=1S/C28H58N4O/c1-7-9-11-13-15-17-21-29-26(30-22-18-16-14-12-10-8-2)31-25-19-20-27(3,4)32(23-24-33)28(25,5)6/h25,33H,7-24H2,1-6H3,(H2,29,30,31). The largest absolute Gasteiger partial charge is 0.395 e. The Balaban J connectivity index is 2.70. The van der Waals surface area contributed by atoms with E-state index in [4.69, 9.17) is 4.99 Å². The molecule has 0 bridgehead atoms. The minimum absolute atomic E-state index is 0.0839. The fourth-order valence-corrected chi connectivity index (χ4v) is 5.39. The lowest BCUT2D eigenvalue weighted by Crippen LogP contribution is -2.65. The number of nitrogens with one attached hydrogen (secondary N) is 2. The van der Waals surface area contributed by atoms with Crippen LogP contribution in [0.5, 0.6) is 0 Å². The van der Waals surface area contributed by atoms with Crippen molar-refractivity contribution in [1.29, 1.82) is 0 Å². The van der Waals surface area contributed by atoms with Gasteiger partial charge in [-0.15, -0.1) is 0 Å². The summed E-state index contributed by atoms with van der Waals surface area (Å²) in [5.74, 6) is 0.985. The molecule has 0 aliphatic carbocycles. The van der Waals surface area contributed by atoms with E-state index in [1.54, 1.807) is 0 Å². The Morgan fingerprint density at radius 2 is 1.30 bits per heavy atom. The molecule has 1 heterocycles. The highest BCUT2D eigenvalue weighted by Gasteiger charge is 2.46. The van der Waals surface area contributed by atoms with Crippen LogP contribution in [-0.2, 0) is 0 Å². The number of likely N-dealkylation sites (tertiary alicyclic amines) is 1. The summed E-state index contributed by atoms with van der Waals surface area (Å²) in [6.45, 7) is 16.7. The van der Waals surface area contributed by atoms with Gasteiger partial charge in [0.2, 0.25) is 0 Å². The second kappa shape index (κ2) is 16.8. The second-order valence-electron chi connectivity index (χ2n) is 11.3. The second-order valence-corrected chi connectivity index (χ2v) is 11.3. The summed E-state index contributed by atoms with van der Waals surface area (Å²) >= 11 is 0. The van der Waals surface area contributed by atoms with Gasteiger partial charge in [-0.1, -0.05) is 78.1 Å². The van der Waals surface area contributed by atoms with E-state index in [1.165, 1.54) is 77.0 Å². The van der Waals surface area contributed by atoms with Crippen LogP contribution in [0.25, 0.3) is 0 Å². The molecule has 5 heteroatoms. The number of hydrogen-bond acceptors (Lipinski definition) is 3. The lowest BCUT2D eigenvalue weighted by molar-refractivity contribution is -0.0475. The Kier molecular flexibility index (Phi) is 15.3. The van der Waals surface area contributed by atoms with E-state index < -0.39 is 0 Å². The molecule has 5 nitrogen and oxygen atoms in total. The number of β-amino-alcohol motifs (C(OH)–C–C–N with tert-alkyl or cyclic N) is 1. The third-order valence-electron chi connectivity index (χ3n) is 7.53. The zero-order valence-corrected chi connectivity index (χ0v) is 23.1. The molecule has 1 unspecified atom stereocenters. The van der Waals surface area contributed by atoms with Gasteiger partial charge < -0.3 is 15.7 Å². The molecule has 1 atom stereocenters. The van der Waals surface area contributed by atoms with Gasteiger partial charge in [-0.2, -0.15) is 0 Å². The molecule has 0 aromatic carbocycles. The van der Waals surface area contributed by atoms with Crippen molar-refractivity contribution >= 4 is 5.96 Å². The average Bonchev–Trinajstić information content (AvgIpc) is 2.77. The Morgan fingerprint density at radius 3 is 1.79 bits per heavy atom. The Hall–Kier alpha value is -0.810. The van der Waals surface area contributed by atoms with E-state index in [-0.39, 0.29) is 23.7 Å². The van der Waals surface area contributed by atoms with Gasteiger partial charge in [0, 0.05) is 30.7 Å². The quantitative estimate of drug-likeness (QED) is 0.135. The monoisotopic (exact) mass is 466 g/mol. The molecule has 1 saturated heterocycles. The number of aliphatic hydroxyl groups is 1. The molecule has 0 spiro atoms. The third kappa shape index (κ3) is 11.4. The van der Waals surface area contributed by atoms with Crippen molar-refractivity contribution < 1.29 is 5.11 Å². The summed E-state index contributed by atoms with van der Waals surface area (Å²) in [6.07, 6.45) is 17.9. The SMILES string of the molecule is CCCCCCCCNC(=NC1CCC(C)(C)N(CCO)C1(C)C)NCCCCCCCC. The molecule has 0 aromatic rings. The molecule has 0 radical (unpaired) electrons. The first-order chi connectivity index (χ1) is 15.8. The van der Waals surface area contributed by atoms with Gasteiger partial charge in [-0.05, 0) is 53.4 Å². The molecular formula is C28H58N4O. The number of guanidine groups is 1. The van der Waals surface area contributed by atoms with Gasteiger partial charge in [-0.3, -0.25) is 4.90 Å². The summed E-state index contributed by atoms with van der Waals surface area (Å²) in [5.41, 5.74) is 0.00957. The maximum atomic E-state index is 9.69. The van der Waals surface area contributed by atoms with Crippen molar-refractivity contribution in [2.45, 2.75) is 149 Å². The molecule has 1 aliphatic heterocycles. The fraction of sp³-hybridized carbons (Fsp3) is 0.964. The van der Waals surface area contributed by atoms with Crippen molar-refractivity contribution in [2.75, 3.05) is 26.2 Å². The number of hydrogen-bond donors (Lipinski definition) is 3. The van der Waals surface area contributed by atoms with Crippen molar-refractivity contribution in [1.82, 2.24) is 15.5 Å². The first-order valence-corrected chi connectivity index (χ1v) is 14.2. The van der Waals surface area contributed by atoms with Gasteiger partial charge in [0.05, 0.1) is 12.6 Å². The summed E-state index contributed by atoms with van der Waals surface area (Å²) < 4.78 is 0. The number of rotatable bonds is 17. The Labute approximate surface area is 206 Å². The molecule has 0 aromatic heterocycles. The maximum absolute atomic E-state index is 9.69. The molecule has 0 saturated carbocycles. The molecule has 0 amide bonds. The van der Waals surface area contributed by atoms with Crippen LogP contribution in [0.2, 0.25) is 0 Å². The normalized spacial score (nSPS) is 19.9. The highest BCUT2D eigenvalue weighted by Crippen LogP contribution is 2.39. The lowest BCUT2D eigenvalue weighted by Gasteiger charge is -2.55. The van der Waals surface area contributed by atoms with Crippen molar-refractivity contribution in [3.05, 3.63) is 0 Å². The van der Waals surface area contributed by atoms with Gasteiger partial charge >= 0.3 is 0 Å². The van der Waals surface area contributed by atoms with Crippen LogP contribution in [0, 0.1) is 0 Å².